The molecule has 0 aliphatic carbocycles. The number of fused-ring (bicyclic) bond motifs is 1. The summed E-state index contributed by atoms with van der Waals surface area (Å²) in [7, 11) is 0. The smallest absolute Gasteiger partial charge is 0.413 e. The lowest BCUT2D eigenvalue weighted by molar-refractivity contribution is -0.136. The SMILES string of the molecule is O=C(O)Cc1ccc2nc(NC(=O)OCc3ccccc3)sc2c1. The van der Waals surface area contributed by atoms with Gasteiger partial charge in [-0.1, -0.05) is 47.7 Å². The minimum atomic E-state index is -0.887. The number of carbonyl (C=O) groups is 2. The fourth-order valence-corrected chi connectivity index (χ4v) is 3.07. The molecule has 0 fully saturated rings. The van der Waals surface area contributed by atoms with Crippen molar-refractivity contribution in [3.63, 3.8) is 0 Å². The lowest BCUT2D eigenvalue weighted by atomic mass is 10.1. The van der Waals surface area contributed by atoms with Crippen molar-refractivity contribution in [3.8, 4) is 0 Å². The number of anilines is 1. The Morgan fingerprint density at radius 2 is 1.92 bits per heavy atom. The Hall–Kier alpha value is -2.93. The summed E-state index contributed by atoms with van der Waals surface area (Å²) in [5, 5.41) is 11.8. The zero-order valence-corrected chi connectivity index (χ0v) is 13.4. The monoisotopic (exact) mass is 342 g/mol. The van der Waals surface area contributed by atoms with Gasteiger partial charge in [-0.05, 0) is 23.3 Å². The van der Waals surface area contributed by atoms with Crippen LogP contribution in [0.3, 0.4) is 0 Å². The molecule has 0 radical (unpaired) electrons. The molecule has 0 aliphatic rings. The van der Waals surface area contributed by atoms with E-state index in [1.807, 2.05) is 30.3 Å². The molecule has 122 valence electrons. The maximum absolute atomic E-state index is 11.8. The fraction of sp³-hybridized carbons (Fsp3) is 0.118. The number of carboxylic acids is 1. The van der Waals surface area contributed by atoms with Crippen LogP contribution >= 0.6 is 11.3 Å². The van der Waals surface area contributed by atoms with Crippen LogP contribution < -0.4 is 5.32 Å². The third kappa shape index (κ3) is 4.08. The van der Waals surface area contributed by atoms with Crippen molar-refractivity contribution in [3.05, 3.63) is 59.7 Å². The van der Waals surface area contributed by atoms with Crippen LogP contribution in [-0.2, 0) is 22.6 Å². The summed E-state index contributed by atoms with van der Waals surface area (Å²) in [6.45, 7) is 0.181. The number of rotatable bonds is 5. The van der Waals surface area contributed by atoms with Crippen molar-refractivity contribution in [1.29, 1.82) is 0 Å². The zero-order valence-electron chi connectivity index (χ0n) is 12.6. The van der Waals surface area contributed by atoms with Gasteiger partial charge in [0.2, 0.25) is 0 Å². The second-order valence-corrected chi connectivity index (χ2v) is 6.11. The van der Waals surface area contributed by atoms with Gasteiger partial charge in [0.15, 0.2) is 5.13 Å². The van der Waals surface area contributed by atoms with Gasteiger partial charge in [-0.25, -0.2) is 9.78 Å². The fourth-order valence-electron chi connectivity index (χ4n) is 2.15. The lowest BCUT2D eigenvalue weighted by Gasteiger charge is -2.04. The molecule has 0 bridgehead atoms. The van der Waals surface area contributed by atoms with E-state index < -0.39 is 12.1 Å². The van der Waals surface area contributed by atoms with Crippen LogP contribution in [0, 0.1) is 0 Å². The third-order valence-electron chi connectivity index (χ3n) is 3.23. The standard InChI is InChI=1S/C17H14N2O4S/c20-15(21)9-12-6-7-13-14(8-12)24-16(18-13)19-17(22)23-10-11-4-2-1-3-5-11/h1-8H,9-10H2,(H,20,21)(H,18,19,22). The minimum Gasteiger partial charge on any atom is -0.481 e. The number of benzene rings is 2. The van der Waals surface area contributed by atoms with Crippen LogP contribution in [0.15, 0.2) is 48.5 Å². The molecule has 0 saturated heterocycles. The normalized spacial score (nSPS) is 10.5. The van der Waals surface area contributed by atoms with Crippen molar-refractivity contribution in [1.82, 2.24) is 4.98 Å². The topological polar surface area (TPSA) is 88.5 Å². The first-order valence-electron chi connectivity index (χ1n) is 7.19. The van der Waals surface area contributed by atoms with Crippen LogP contribution in [-0.4, -0.2) is 22.2 Å². The summed E-state index contributed by atoms with van der Waals surface area (Å²) < 4.78 is 5.96. The van der Waals surface area contributed by atoms with Crippen LogP contribution in [0.5, 0.6) is 0 Å². The molecular formula is C17H14N2O4S. The Morgan fingerprint density at radius 1 is 1.12 bits per heavy atom. The number of carbonyl (C=O) groups excluding carboxylic acids is 1. The molecule has 2 aromatic carbocycles. The van der Waals surface area contributed by atoms with E-state index >= 15 is 0 Å². The van der Waals surface area contributed by atoms with Gasteiger partial charge in [-0.2, -0.15) is 0 Å². The zero-order chi connectivity index (χ0) is 16.9. The van der Waals surface area contributed by atoms with E-state index in [1.54, 1.807) is 18.2 Å². The number of aliphatic carboxylic acids is 1. The van der Waals surface area contributed by atoms with E-state index in [2.05, 4.69) is 10.3 Å². The van der Waals surface area contributed by atoms with E-state index in [4.69, 9.17) is 9.84 Å². The molecule has 0 atom stereocenters. The number of hydrogen-bond acceptors (Lipinski definition) is 5. The average Bonchev–Trinajstić information content (AvgIpc) is 2.94. The molecular weight excluding hydrogens is 328 g/mol. The predicted molar refractivity (Wildman–Crippen MR) is 91.2 cm³/mol. The number of thiazole rings is 1. The van der Waals surface area contributed by atoms with Gasteiger partial charge in [0.25, 0.3) is 0 Å². The third-order valence-corrected chi connectivity index (χ3v) is 4.16. The first kappa shape index (κ1) is 15.9. The molecule has 0 aliphatic heterocycles. The van der Waals surface area contributed by atoms with E-state index in [1.165, 1.54) is 11.3 Å². The second-order valence-electron chi connectivity index (χ2n) is 5.08. The maximum Gasteiger partial charge on any atom is 0.413 e. The Morgan fingerprint density at radius 3 is 2.67 bits per heavy atom. The number of nitrogens with zero attached hydrogens (tertiary/aromatic N) is 1. The van der Waals surface area contributed by atoms with Crippen LogP contribution in [0.25, 0.3) is 10.2 Å². The van der Waals surface area contributed by atoms with Gasteiger partial charge in [-0.15, -0.1) is 0 Å². The highest BCUT2D eigenvalue weighted by Crippen LogP contribution is 2.27. The number of hydrogen-bond donors (Lipinski definition) is 2. The Balaban J connectivity index is 1.64. The van der Waals surface area contributed by atoms with Gasteiger partial charge in [0, 0.05) is 0 Å². The largest absolute Gasteiger partial charge is 0.481 e. The minimum absolute atomic E-state index is 0.0459. The van der Waals surface area contributed by atoms with Gasteiger partial charge in [0.1, 0.15) is 6.61 Å². The molecule has 7 heteroatoms. The molecule has 3 aromatic rings. The van der Waals surface area contributed by atoms with E-state index in [9.17, 15) is 9.59 Å². The molecule has 0 spiro atoms. The lowest BCUT2D eigenvalue weighted by Crippen LogP contribution is -2.13. The molecule has 1 aromatic heterocycles. The van der Waals surface area contributed by atoms with Crippen LogP contribution in [0.4, 0.5) is 9.93 Å². The summed E-state index contributed by atoms with van der Waals surface area (Å²) >= 11 is 1.27. The molecule has 3 rings (SSSR count). The summed E-state index contributed by atoms with van der Waals surface area (Å²) in [6, 6.07) is 14.6. The quantitative estimate of drug-likeness (QED) is 0.738. The summed E-state index contributed by atoms with van der Waals surface area (Å²) in [6.07, 6.45) is -0.626. The van der Waals surface area contributed by atoms with Gasteiger partial charge in [-0.3, -0.25) is 10.1 Å². The highest BCUT2D eigenvalue weighted by Gasteiger charge is 2.10. The predicted octanol–water partition coefficient (Wildman–Crippen LogP) is 3.67. The van der Waals surface area contributed by atoms with Crippen LogP contribution in [0.2, 0.25) is 0 Å². The van der Waals surface area contributed by atoms with Crippen molar-refractivity contribution < 1.29 is 19.4 Å². The van der Waals surface area contributed by atoms with Gasteiger partial charge in [0.05, 0.1) is 16.6 Å². The van der Waals surface area contributed by atoms with Crippen LogP contribution in [0.1, 0.15) is 11.1 Å². The number of amides is 1. The highest BCUT2D eigenvalue weighted by atomic mass is 32.1. The molecule has 1 amide bonds. The average molecular weight is 342 g/mol. The van der Waals surface area contributed by atoms with E-state index in [0.717, 1.165) is 10.3 Å². The maximum atomic E-state index is 11.8. The van der Waals surface area contributed by atoms with Gasteiger partial charge >= 0.3 is 12.1 Å². The highest BCUT2D eigenvalue weighted by molar-refractivity contribution is 7.22. The van der Waals surface area contributed by atoms with Crippen molar-refractivity contribution in [2.24, 2.45) is 0 Å². The molecule has 0 saturated carbocycles. The molecule has 24 heavy (non-hydrogen) atoms. The second kappa shape index (κ2) is 7.10. The first-order valence-corrected chi connectivity index (χ1v) is 8.01. The molecule has 2 N–H and O–H groups in total. The molecule has 6 nitrogen and oxygen atoms in total. The Labute approximate surface area is 141 Å². The van der Waals surface area contributed by atoms with E-state index in [0.29, 0.717) is 16.2 Å². The van der Waals surface area contributed by atoms with Gasteiger partial charge < -0.3 is 9.84 Å². The van der Waals surface area contributed by atoms with E-state index in [-0.39, 0.29) is 13.0 Å². The summed E-state index contributed by atoms with van der Waals surface area (Å²) in [4.78, 5) is 26.9. The molecule has 0 unspecified atom stereocenters. The van der Waals surface area contributed by atoms with Crippen molar-refractivity contribution >= 4 is 38.7 Å². The van der Waals surface area contributed by atoms with Crippen molar-refractivity contribution in [2.75, 3.05) is 5.32 Å². The van der Waals surface area contributed by atoms with Crippen molar-refractivity contribution in [2.45, 2.75) is 13.0 Å². The Bertz CT molecular complexity index is 877. The number of carboxylic acid groups (broad SMARTS) is 1. The number of ether oxygens (including phenoxy) is 1. The first-order chi connectivity index (χ1) is 11.6. The number of nitrogens with one attached hydrogen (secondary N) is 1. The Kier molecular flexibility index (Phi) is 4.72. The number of aromatic nitrogens is 1. The molecule has 1 heterocycles. The summed E-state index contributed by atoms with van der Waals surface area (Å²) in [5.41, 5.74) is 2.29. The summed E-state index contributed by atoms with van der Waals surface area (Å²) in [5.74, 6) is -0.887.